The topological polar surface area (TPSA) is 13.1 Å². The lowest BCUT2D eigenvalue weighted by Gasteiger charge is -2.05. The van der Waals surface area contributed by atoms with Crippen molar-refractivity contribution in [2.45, 2.75) is 6.92 Å². The summed E-state index contributed by atoms with van der Waals surface area (Å²) in [4.78, 5) is 0. The van der Waals surface area contributed by atoms with Crippen molar-refractivity contribution in [1.29, 1.82) is 0 Å². The van der Waals surface area contributed by atoms with Gasteiger partial charge in [0, 0.05) is 6.07 Å². The maximum absolute atomic E-state index is 5.80. The second-order valence-corrected chi connectivity index (χ2v) is 3.52. The van der Waals surface area contributed by atoms with Crippen molar-refractivity contribution in [2.75, 3.05) is 0 Å². The Labute approximate surface area is 89.8 Å². The lowest BCUT2D eigenvalue weighted by atomic mass is 10.2. The van der Waals surface area contributed by atoms with Crippen LogP contribution in [0, 0.1) is 6.92 Å². The number of hydrogen-bond donors (Lipinski definition) is 0. The number of para-hydroxylation sites is 1. The number of nitrogens with zero attached hydrogens (tertiary/aromatic N) is 1. The van der Waals surface area contributed by atoms with Gasteiger partial charge in [-0.05, 0) is 24.6 Å². The molecule has 76 valence electrons. The number of aromatic nitrogens is 1. The SMILES string of the molecule is Cc1ccccc1Oc1cccc[n+]1C. The van der Waals surface area contributed by atoms with Crippen LogP contribution in [-0.4, -0.2) is 0 Å². The first-order chi connectivity index (χ1) is 7.27. The summed E-state index contributed by atoms with van der Waals surface area (Å²) < 4.78 is 7.75. The zero-order chi connectivity index (χ0) is 10.7. The molecular formula is C13H14NO+. The molecule has 2 aromatic rings. The van der Waals surface area contributed by atoms with Crippen molar-refractivity contribution in [3.63, 3.8) is 0 Å². The minimum absolute atomic E-state index is 0.840. The molecule has 2 rings (SSSR count). The monoisotopic (exact) mass is 200 g/mol. The fourth-order valence-corrected chi connectivity index (χ4v) is 1.40. The molecule has 0 bridgehead atoms. The van der Waals surface area contributed by atoms with Crippen molar-refractivity contribution < 1.29 is 9.30 Å². The summed E-state index contributed by atoms with van der Waals surface area (Å²) in [6.07, 6.45) is 1.97. The summed E-state index contributed by atoms with van der Waals surface area (Å²) >= 11 is 0. The smallest absolute Gasteiger partial charge is 0.373 e. The molecule has 0 unspecified atom stereocenters. The minimum Gasteiger partial charge on any atom is -0.405 e. The predicted molar refractivity (Wildman–Crippen MR) is 58.9 cm³/mol. The van der Waals surface area contributed by atoms with E-state index in [2.05, 4.69) is 0 Å². The molecule has 0 saturated carbocycles. The standard InChI is InChI=1S/C13H14NO/c1-11-7-3-4-8-12(11)15-13-9-5-6-10-14(13)2/h3-10H,1-2H3/q+1. The van der Waals surface area contributed by atoms with Crippen LogP contribution in [0.2, 0.25) is 0 Å². The molecule has 0 aliphatic carbocycles. The molecule has 0 atom stereocenters. The van der Waals surface area contributed by atoms with Crippen molar-refractivity contribution >= 4 is 0 Å². The maximum atomic E-state index is 5.80. The second kappa shape index (κ2) is 4.13. The molecule has 0 aliphatic rings. The minimum atomic E-state index is 0.840. The largest absolute Gasteiger partial charge is 0.405 e. The van der Waals surface area contributed by atoms with Crippen LogP contribution >= 0.6 is 0 Å². The number of ether oxygens (including phenoxy) is 1. The Hall–Kier alpha value is -1.83. The van der Waals surface area contributed by atoms with Gasteiger partial charge < -0.3 is 4.74 Å². The van der Waals surface area contributed by atoms with Crippen LogP contribution in [0.15, 0.2) is 48.7 Å². The highest BCUT2D eigenvalue weighted by Gasteiger charge is 2.07. The molecule has 0 fully saturated rings. The Morgan fingerprint density at radius 1 is 1.00 bits per heavy atom. The number of hydrogen-bond acceptors (Lipinski definition) is 1. The summed E-state index contributed by atoms with van der Waals surface area (Å²) in [6, 6.07) is 13.9. The van der Waals surface area contributed by atoms with Gasteiger partial charge in [0.05, 0.1) is 6.07 Å². The van der Waals surface area contributed by atoms with E-state index in [4.69, 9.17) is 4.74 Å². The average Bonchev–Trinajstić information content (AvgIpc) is 2.24. The van der Waals surface area contributed by atoms with Gasteiger partial charge in [-0.3, -0.25) is 0 Å². The highest BCUT2D eigenvalue weighted by Crippen LogP contribution is 2.21. The van der Waals surface area contributed by atoms with Gasteiger partial charge in [0.25, 0.3) is 0 Å². The van der Waals surface area contributed by atoms with Crippen molar-refractivity contribution in [3.05, 3.63) is 54.2 Å². The average molecular weight is 200 g/mol. The van der Waals surface area contributed by atoms with E-state index in [-0.39, 0.29) is 0 Å². The van der Waals surface area contributed by atoms with Crippen LogP contribution in [0.1, 0.15) is 5.56 Å². The molecule has 0 N–H and O–H groups in total. The summed E-state index contributed by atoms with van der Waals surface area (Å²) in [7, 11) is 1.97. The first kappa shape index (κ1) is 9.71. The molecule has 0 saturated heterocycles. The van der Waals surface area contributed by atoms with Gasteiger partial charge >= 0.3 is 5.88 Å². The third-order valence-electron chi connectivity index (χ3n) is 2.32. The molecule has 1 aromatic heterocycles. The lowest BCUT2D eigenvalue weighted by Crippen LogP contribution is -2.28. The van der Waals surface area contributed by atoms with Crippen LogP contribution < -0.4 is 9.30 Å². The van der Waals surface area contributed by atoms with E-state index < -0.39 is 0 Å². The fourth-order valence-electron chi connectivity index (χ4n) is 1.40. The first-order valence-electron chi connectivity index (χ1n) is 4.95. The number of benzene rings is 1. The third-order valence-corrected chi connectivity index (χ3v) is 2.32. The Balaban J connectivity index is 2.30. The van der Waals surface area contributed by atoms with Crippen LogP contribution in [0.4, 0.5) is 0 Å². The van der Waals surface area contributed by atoms with E-state index >= 15 is 0 Å². The van der Waals surface area contributed by atoms with E-state index in [1.807, 2.05) is 67.2 Å². The van der Waals surface area contributed by atoms with E-state index in [0.29, 0.717) is 0 Å². The number of aryl methyl sites for hydroxylation is 2. The molecule has 0 radical (unpaired) electrons. The van der Waals surface area contributed by atoms with E-state index in [9.17, 15) is 0 Å². The Kier molecular flexibility index (Phi) is 2.68. The molecule has 0 amide bonds. The predicted octanol–water partition coefficient (Wildman–Crippen LogP) is 2.61. The molecule has 15 heavy (non-hydrogen) atoms. The van der Waals surface area contributed by atoms with Crippen LogP contribution in [0.25, 0.3) is 0 Å². The second-order valence-electron chi connectivity index (χ2n) is 3.52. The Morgan fingerprint density at radius 2 is 1.73 bits per heavy atom. The van der Waals surface area contributed by atoms with Crippen LogP contribution in [0.5, 0.6) is 11.6 Å². The quantitative estimate of drug-likeness (QED) is 0.679. The summed E-state index contributed by atoms with van der Waals surface area (Å²) in [5, 5.41) is 0. The van der Waals surface area contributed by atoms with E-state index in [1.165, 1.54) is 0 Å². The fraction of sp³-hybridized carbons (Fsp3) is 0.154. The van der Waals surface area contributed by atoms with Gasteiger partial charge in [-0.2, -0.15) is 4.57 Å². The molecular weight excluding hydrogens is 186 g/mol. The Bertz CT molecular complexity index is 422. The van der Waals surface area contributed by atoms with Gasteiger partial charge in [0.15, 0.2) is 6.20 Å². The van der Waals surface area contributed by atoms with Crippen molar-refractivity contribution in [1.82, 2.24) is 0 Å². The highest BCUT2D eigenvalue weighted by atomic mass is 16.5. The van der Waals surface area contributed by atoms with Crippen LogP contribution in [-0.2, 0) is 7.05 Å². The summed E-state index contributed by atoms with van der Waals surface area (Å²) in [5.41, 5.74) is 1.14. The summed E-state index contributed by atoms with van der Waals surface area (Å²) in [6.45, 7) is 2.04. The van der Waals surface area contributed by atoms with Crippen molar-refractivity contribution in [2.24, 2.45) is 7.05 Å². The van der Waals surface area contributed by atoms with Gasteiger partial charge in [0.1, 0.15) is 12.8 Å². The molecule has 2 nitrogen and oxygen atoms in total. The van der Waals surface area contributed by atoms with E-state index in [0.717, 1.165) is 17.2 Å². The molecule has 1 aromatic carbocycles. The number of pyridine rings is 1. The Morgan fingerprint density at radius 3 is 2.47 bits per heavy atom. The molecule has 1 heterocycles. The lowest BCUT2D eigenvalue weighted by molar-refractivity contribution is -0.675. The zero-order valence-corrected chi connectivity index (χ0v) is 8.97. The zero-order valence-electron chi connectivity index (χ0n) is 8.97. The molecule has 0 spiro atoms. The highest BCUT2D eigenvalue weighted by molar-refractivity contribution is 5.33. The van der Waals surface area contributed by atoms with Gasteiger partial charge in [0.2, 0.25) is 0 Å². The van der Waals surface area contributed by atoms with Crippen LogP contribution in [0.3, 0.4) is 0 Å². The van der Waals surface area contributed by atoms with Gasteiger partial charge in [-0.25, -0.2) is 0 Å². The van der Waals surface area contributed by atoms with Gasteiger partial charge in [-0.15, -0.1) is 0 Å². The molecule has 2 heteroatoms. The normalized spacial score (nSPS) is 10.0. The summed E-state index contributed by atoms with van der Waals surface area (Å²) in [5.74, 6) is 1.74. The maximum Gasteiger partial charge on any atom is 0.373 e. The first-order valence-corrected chi connectivity index (χ1v) is 4.95. The third kappa shape index (κ3) is 2.15. The number of rotatable bonds is 2. The van der Waals surface area contributed by atoms with Crippen molar-refractivity contribution in [3.8, 4) is 11.6 Å². The van der Waals surface area contributed by atoms with E-state index in [1.54, 1.807) is 0 Å². The molecule has 0 aliphatic heterocycles. The van der Waals surface area contributed by atoms with Gasteiger partial charge in [-0.1, -0.05) is 18.2 Å².